The summed E-state index contributed by atoms with van der Waals surface area (Å²) in [4.78, 5) is 17.2. The summed E-state index contributed by atoms with van der Waals surface area (Å²) < 4.78 is 5.74. The van der Waals surface area contributed by atoms with Crippen LogP contribution < -0.4 is 0 Å². The zero-order chi connectivity index (χ0) is 14.1. The van der Waals surface area contributed by atoms with Gasteiger partial charge in [-0.2, -0.15) is 0 Å². The molecule has 0 saturated carbocycles. The van der Waals surface area contributed by atoms with Crippen molar-refractivity contribution in [2.24, 2.45) is 0 Å². The molecule has 3 heterocycles. The predicted molar refractivity (Wildman–Crippen MR) is 79.5 cm³/mol. The summed E-state index contributed by atoms with van der Waals surface area (Å²) in [6.45, 7) is 2.03. The quantitative estimate of drug-likeness (QED) is 0.776. The molecule has 1 N–H and O–H groups in total. The first kappa shape index (κ1) is 13.1. The Hall–Kier alpha value is -1.92. The maximum absolute atomic E-state index is 11.4. The molecule has 0 aliphatic carbocycles. The highest BCUT2D eigenvalue weighted by molar-refractivity contribution is 7.14. The number of hydrogen-bond donors (Lipinski definition) is 1. The average Bonchev–Trinajstić information content (AvgIpc) is 3.17. The average molecular weight is 305 g/mol. The minimum absolute atomic E-state index is 0.0226. The van der Waals surface area contributed by atoms with Crippen molar-refractivity contribution in [3.63, 3.8) is 0 Å². The highest BCUT2D eigenvalue weighted by Gasteiger charge is 2.24. The molecule has 102 valence electrons. The fourth-order valence-electron chi connectivity index (χ4n) is 1.94. The number of thiophene rings is 2. The number of carboxylic acids is 1. The standard InChI is InChI=1S/C14H11NO3S2/c1-2-8-5-7-20-12(8)11-10(14(16)17)15-13(18-11)9-4-3-6-19-9/h3-7H,2H2,1H3,(H,16,17). The summed E-state index contributed by atoms with van der Waals surface area (Å²) in [5.41, 5.74) is 1.05. The van der Waals surface area contributed by atoms with E-state index in [-0.39, 0.29) is 5.69 Å². The smallest absolute Gasteiger partial charge is 0.358 e. The summed E-state index contributed by atoms with van der Waals surface area (Å²) in [5, 5.41) is 13.2. The molecule has 0 aliphatic heterocycles. The fourth-order valence-corrected chi connectivity index (χ4v) is 3.56. The van der Waals surface area contributed by atoms with Crippen molar-refractivity contribution in [2.75, 3.05) is 0 Å². The van der Waals surface area contributed by atoms with Gasteiger partial charge in [0.2, 0.25) is 5.89 Å². The zero-order valence-corrected chi connectivity index (χ0v) is 12.3. The van der Waals surface area contributed by atoms with Crippen molar-refractivity contribution in [2.45, 2.75) is 13.3 Å². The second-order valence-electron chi connectivity index (χ2n) is 4.11. The lowest BCUT2D eigenvalue weighted by atomic mass is 10.1. The Morgan fingerprint density at radius 3 is 2.85 bits per heavy atom. The Bertz CT molecular complexity index is 740. The monoisotopic (exact) mass is 305 g/mol. The first-order chi connectivity index (χ1) is 9.70. The lowest BCUT2D eigenvalue weighted by molar-refractivity contribution is 0.0691. The van der Waals surface area contributed by atoms with E-state index < -0.39 is 5.97 Å². The maximum Gasteiger partial charge on any atom is 0.358 e. The molecular formula is C14H11NO3S2. The van der Waals surface area contributed by atoms with E-state index in [0.717, 1.165) is 21.7 Å². The number of rotatable bonds is 4. The minimum Gasteiger partial charge on any atom is -0.476 e. The fraction of sp³-hybridized carbons (Fsp3) is 0.143. The molecule has 0 saturated heterocycles. The van der Waals surface area contributed by atoms with Gasteiger partial charge in [0, 0.05) is 0 Å². The lowest BCUT2D eigenvalue weighted by Gasteiger charge is -1.97. The van der Waals surface area contributed by atoms with Crippen LogP contribution in [0.3, 0.4) is 0 Å². The van der Waals surface area contributed by atoms with E-state index in [1.165, 1.54) is 22.7 Å². The second-order valence-corrected chi connectivity index (χ2v) is 5.97. The van der Waals surface area contributed by atoms with Crippen LogP contribution in [0.25, 0.3) is 21.4 Å². The summed E-state index contributed by atoms with van der Waals surface area (Å²) >= 11 is 2.95. The molecule has 3 aromatic rings. The molecular weight excluding hydrogens is 294 g/mol. The Morgan fingerprint density at radius 2 is 2.20 bits per heavy atom. The number of aryl methyl sites for hydroxylation is 1. The summed E-state index contributed by atoms with van der Waals surface area (Å²) in [7, 11) is 0. The van der Waals surface area contributed by atoms with E-state index in [4.69, 9.17) is 4.42 Å². The molecule has 3 rings (SSSR count). The predicted octanol–water partition coefficient (Wildman–Crippen LogP) is 4.39. The molecule has 0 atom stereocenters. The summed E-state index contributed by atoms with van der Waals surface area (Å²) in [6, 6.07) is 5.73. The van der Waals surface area contributed by atoms with Gasteiger partial charge in [0.25, 0.3) is 0 Å². The summed E-state index contributed by atoms with van der Waals surface area (Å²) in [5.74, 6) is -0.349. The van der Waals surface area contributed by atoms with Crippen molar-refractivity contribution in [3.05, 3.63) is 40.2 Å². The molecule has 0 spiro atoms. The van der Waals surface area contributed by atoms with Crippen LogP contribution in [0.2, 0.25) is 0 Å². The Morgan fingerprint density at radius 1 is 1.35 bits per heavy atom. The van der Waals surface area contributed by atoms with Crippen LogP contribution in [-0.4, -0.2) is 16.1 Å². The van der Waals surface area contributed by atoms with Gasteiger partial charge >= 0.3 is 5.97 Å². The van der Waals surface area contributed by atoms with Gasteiger partial charge in [-0.15, -0.1) is 22.7 Å². The van der Waals surface area contributed by atoms with Crippen LogP contribution in [0.15, 0.2) is 33.4 Å². The van der Waals surface area contributed by atoms with Gasteiger partial charge in [0.05, 0.1) is 9.75 Å². The van der Waals surface area contributed by atoms with E-state index in [1.54, 1.807) is 0 Å². The molecule has 0 aromatic carbocycles. The van der Waals surface area contributed by atoms with E-state index >= 15 is 0 Å². The number of hydrogen-bond acceptors (Lipinski definition) is 5. The van der Waals surface area contributed by atoms with Crippen LogP contribution in [0.4, 0.5) is 0 Å². The van der Waals surface area contributed by atoms with Crippen LogP contribution in [0, 0.1) is 0 Å². The third kappa shape index (κ3) is 2.17. The van der Waals surface area contributed by atoms with Crippen LogP contribution >= 0.6 is 22.7 Å². The largest absolute Gasteiger partial charge is 0.476 e. The molecule has 0 fully saturated rings. The highest BCUT2D eigenvalue weighted by atomic mass is 32.1. The van der Waals surface area contributed by atoms with Crippen molar-refractivity contribution in [3.8, 4) is 21.4 Å². The number of oxazole rings is 1. The molecule has 0 amide bonds. The van der Waals surface area contributed by atoms with Gasteiger partial charge in [0.15, 0.2) is 11.5 Å². The van der Waals surface area contributed by atoms with Gasteiger partial charge in [-0.05, 0) is 34.9 Å². The number of carbonyl (C=O) groups is 1. The Labute approximate surface area is 123 Å². The van der Waals surface area contributed by atoms with Crippen LogP contribution in [0.1, 0.15) is 23.0 Å². The van der Waals surface area contributed by atoms with Crippen molar-refractivity contribution >= 4 is 28.6 Å². The van der Waals surface area contributed by atoms with Crippen molar-refractivity contribution in [1.29, 1.82) is 0 Å². The van der Waals surface area contributed by atoms with Gasteiger partial charge in [-0.25, -0.2) is 9.78 Å². The van der Waals surface area contributed by atoms with E-state index in [0.29, 0.717) is 11.7 Å². The summed E-state index contributed by atoms with van der Waals surface area (Å²) in [6.07, 6.45) is 0.826. The van der Waals surface area contributed by atoms with Gasteiger partial charge in [-0.1, -0.05) is 13.0 Å². The van der Waals surface area contributed by atoms with Gasteiger partial charge in [0.1, 0.15) is 0 Å². The normalized spacial score (nSPS) is 10.8. The Balaban J connectivity index is 2.17. The first-order valence-corrected chi connectivity index (χ1v) is 7.81. The number of aromatic nitrogens is 1. The number of aromatic carboxylic acids is 1. The van der Waals surface area contributed by atoms with E-state index in [9.17, 15) is 9.90 Å². The number of nitrogens with zero attached hydrogens (tertiary/aromatic N) is 1. The third-order valence-electron chi connectivity index (χ3n) is 2.90. The Kier molecular flexibility index (Phi) is 3.42. The topological polar surface area (TPSA) is 63.3 Å². The molecule has 3 aromatic heterocycles. The maximum atomic E-state index is 11.4. The molecule has 0 bridgehead atoms. The highest BCUT2D eigenvalue weighted by Crippen LogP contribution is 2.36. The van der Waals surface area contributed by atoms with E-state index in [1.807, 2.05) is 35.9 Å². The van der Waals surface area contributed by atoms with Gasteiger partial charge in [-0.3, -0.25) is 0 Å². The molecule has 0 unspecified atom stereocenters. The molecule has 20 heavy (non-hydrogen) atoms. The third-order valence-corrected chi connectivity index (χ3v) is 4.71. The minimum atomic E-state index is -1.07. The zero-order valence-electron chi connectivity index (χ0n) is 10.6. The molecule has 6 heteroatoms. The molecule has 0 aliphatic rings. The second kappa shape index (κ2) is 5.22. The van der Waals surface area contributed by atoms with Crippen molar-refractivity contribution < 1.29 is 14.3 Å². The lowest BCUT2D eigenvalue weighted by Crippen LogP contribution is -1.98. The molecule has 4 nitrogen and oxygen atoms in total. The number of carboxylic acid groups (broad SMARTS) is 1. The van der Waals surface area contributed by atoms with E-state index in [2.05, 4.69) is 4.98 Å². The van der Waals surface area contributed by atoms with Gasteiger partial charge < -0.3 is 9.52 Å². The van der Waals surface area contributed by atoms with Crippen LogP contribution in [0.5, 0.6) is 0 Å². The first-order valence-electron chi connectivity index (χ1n) is 6.05. The van der Waals surface area contributed by atoms with Crippen LogP contribution in [-0.2, 0) is 6.42 Å². The molecule has 0 radical (unpaired) electrons. The van der Waals surface area contributed by atoms with Crippen molar-refractivity contribution in [1.82, 2.24) is 4.98 Å². The SMILES string of the molecule is CCc1ccsc1-c1oc(-c2cccs2)nc1C(=O)O.